The number of carbonyl (C=O) groups is 1. The van der Waals surface area contributed by atoms with Gasteiger partial charge < -0.3 is 14.3 Å². The Morgan fingerprint density at radius 1 is 1.44 bits per heavy atom. The van der Waals surface area contributed by atoms with Crippen LogP contribution < -0.4 is 10.4 Å². The van der Waals surface area contributed by atoms with E-state index in [9.17, 15) is 9.59 Å². The number of fused-ring (bicyclic) bond motifs is 1. The van der Waals surface area contributed by atoms with E-state index in [4.69, 9.17) is 14.3 Å². The first-order valence-electron chi connectivity index (χ1n) is 5.45. The number of ether oxygens (including phenoxy) is 1. The Kier molecular flexibility index (Phi) is 3.06. The second-order valence-corrected chi connectivity index (χ2v) is 3.77. The molecular formula is C13H12O5. The van der Waals surface area contributed by atoms with Crippen LogP contribution in [0.3, 0.4) is 0 Å². The number of carboxylic acid groups (broad SMARTS) is 1. The number of hydrogen-bond donors (Lipinski definition) is 1. The summed E-state index contributed by atoms with van der Waals surface area (Å²) >= 11 is 0. The Balaban J connectivity index is 2.84. The monoisotopic (exact) mass is 248 g/mol. The maximum Gasteiger partial charge on any atom is 0.351 e. The van der Waals surface area contributed by atoms with Crippen LogP contribution in [0.2, 0.25) is 0 Å². The highest BCUT2D eigenvalue weighted by atomic mass is 16.5. The fourth-order valence-electron chi connectivity index (χ4n) is 1.90. The Bertz CT molecular complexity index is 669. The van der Waals surface area contributed by atoms with Crippen LogP contribution in [0.5, 0.6) is 5.75 Å². The minimum absolute atomic E-state index is 0.366. The molecule has 0 aliphatic carbocycles. The molecule has 0 fully saturated rings. The lowest BCUT2D eigenvalue weighted by atomic mass is 10.1. The summed E-state index contributed by atoms with van der Waals surface area (Å²) < 4.78 is 10.3. The van der Waals surface area contributed by atoms with E-state index in [-0.39, 0.29) is 5.56 Å². The van der Waals surface area contributed by atoms with Crippen LogP contribution in [0, 0.1) is 0 Å². The van der Waals surface area contributed by atoms with Gasteiger partial charge in [-0.3, -0.25) is 0 Å². The average molecular weight is 248 g/mol. The molecule has 5 nitrogen and oxygen atoms in total. The number of aryl methyl sites for hydroxylation is 1. The van der Waals surface area contributed by atoms with Gasteiger partial charge in [0.1, 0.15) is 16.9 Å². The predicted molar refractivity (Wildman–Crippen MR) is 65.4 cm³/mol. The Labute approximate surface area is 103 Å². The van der Waals surface area contributed by atoms with Crippen LogP contribution >= 0.6 is 0 Å². The van der Waals surface area contributed by atoms with Crippen molar-refractivity contribution in [3.8, 4) is 5.75 Å². The summed E-state index contributed by atoms with van der Waals surface area (Å²) in [4.78, 5) is 22.4. The maximum atomic E-state index is 11.6. The minimum atomic E-state index is -1.29. The summed E-state index contributed by atoms with van der Waals surface area (Å²) in [6.07, 6.45) is 0.621. The van der Waals surface area contributed by atoms with E-state index in [0.29, 0.717) is 23.1 Å². The molecule has 2 aromatic rings. The lowest BCUT2D eigenvalue weighted by Crippen LogP contribution is -2.13. The maximum absolute atomic E-state index is 11.6. The molecule has 94 valence electrons. The molecule has 1 N–H and O–H groups in total. The van der Waals surface area contributed by atoms with Gasteiger partial charge in [0.2, 0.25) is 0 Å². The quantitative estimate of drug-likeness (QED) is 0.841. The van der Waals surface area contributed by atoms with Crippen molar-refractivity contribution in [2.45, 2.75) is 13.3 Å². The summed E-state index contributed by atoms with van der Waals surface area (Å²) in [7, 11) is 1.53. The van der Waals surface area contributed by atoms with E-state index in [2.05, 4.69) is 0 Å². The average Bonchev–Trinajstić information content (AvgIpc) is 2.36. The molecule has 2 rings (SSSR count). The minimum Gasteiger partial charge on any atom is -0.496 e. The van der Waals surface area contributed by atoms with E-state index >= 15 is 0 Å². The van der Waals surface area contributed by atoms with Gasteiger partial charge >= 0.3 is 11.6 Å². The highest BCUT2D eigenvalue weighted by Crippen LogP contribution is 2.27. The molecule has 0 saturated carbocycles. The number of hydrogen-bond acceptors (Lipinski definition) is 4. The zero-order chi connectivity index (χ0) is 13.3. The van der Waals surface area contributed by atoms with Crippen molar-refractivity contribution in [2.24, 2.45) is 0 Å². The van der Waals surface area contributed by atoms with E-state index < -0.39 is 11.6 Å². The van der Waals surface area contributed by atoms with Crippen LogP contribution in [0.15, 0.2) is 27.4 Å². The third kappa shape index (κ3) is 1.84. The first-order chi connectivity index (χ1) is 8.58. The number of rotatable bonds is 3. The van der Waals surface area contributed by atoms with Gasteiger partial charge in [-0.15, -0.1) is 0 Å². The van der Waals surface area contributed by atoms with E-state index in [0.717, 1.165) is 5.56 Å². The van der Waals surface area contributed by atoms with E-state index in [1.165, 1.54) is 13.2 Å². The third-order valence-corrected chi connectivity index (χ3v) is 2.77. The summed E-state index contributed by atoms with van der Waals surface area (Å²) in [5, 5.41) is 9.44. The highest BCUT2D eigenvalue weighted by molar-refractivity contribution is 5.92. The molecule has 0 spiro atoms. The number of aromatic carboxylic acids is 1. The van der Waals surface area contributed by atoms with Gasteiger partial charge in [-0.2, -0.15) is 0 Å². The Morgan fingerprint density at radius 3 is 2.72 bits per heavy atom. The molecule has 0 radical (unpaired) electrons. The fourth-order valence-corrected chi connectivity index (χ4v) is 1.90. The van der Waals surface area contributed by atoms with Gasteiger partial charge in [0.15, 0.2) is 0 Å². The lowest BCUT2D eigenvalue weighted by molar-refractivity contribution is 0.0692. The van der Waals surface area contributed by atoms with Gasteiger partial charge in [-0.25, -0.2) is 9.59 Å². The summed E-state index contributed by atoms with van der Waals surface area (Å²) in [6.45, 7) is 1.91. The zero-order valence-electron chi connectivity index (χ0n) is 10.0. The number of methoxy groups -OCH3 is 1. The molecule has 5 heteroatoms. The van der Waals surface area contributed by atoms with E-state index in [1.54, 1.807) is 12.1 Å². The molecule has 18 heavy (non-hydrogen) atoms. The smallest absolute Gasteiger partial charge is 0.351 e. The highest BCUT2D eigenvalue weighted by Gasteiger charge is 2.15. The molecule has 1 aromatic carbocycles. The van der Waals surface area contributed by atoms with Crippen molar-refractivity contribution >= 4 is 16.9 Å². The molecule has 0 unspecified atom stereocenters. The van der Waals surface area contributed by atoms with Crippen LogP contribution in [0.25, 0.3) is 11.0 Å². The number of benzene rings is 1. The zero-order valence-corrected chi connectivity index (χ0v) is 10.0. The van der Waals surface area contributed by atoms with Gasteiger partial charge in [0.25, 0.3) is 0 Å². The van der Waals surface area contributed by atoms with Gasteiger partial charge in [-0.1, -0.05) is 6.92 Å². The Hall–Kier alpha value is -2.30. The topological polar surface area (TPSA) is 76.7 Å². The van der Waals surface area contributed by atoms with Crippen molar-refractivity contribution in [1.29, 1.82) is 0 Å². The normalized spacial score (nSPS) is 10.6. The lowest BCUT2D eigenvalue weighted by Gasteiger charge is -2.09. The molecule has 0 aliphatic heterocycles. The third-order valence-electron chi connectivity index (χ3n) is 2.77. The van der Waals surface area contributed by atoms with Crippen LogP contribution in [0.4, 0.5) is 0 Å². The Morgan fingerprint density at radius 2 is 2.17 bits per heavy atom. The standard InChI is InChI=1S/C13H12O5/c1-3-8-10(17-2)5-4-7-6-9(12(14)15)13(16)18-11(7)8/h4-6H,3H2,1-2H3,(H,14,15). The molecule has 0 atom stereocenters. The van der Waals surface area contributed by atoms with Gasteiger partial charge in [0.05, 0.1) is 7.11 Å². The van der Waals surface area contributed by atoms with Crippen molar-refractivity contribution < 1.29 is 19.1 Å². The van der Waals surface area contributed by atoms with Gasteiger partial charge in [-0.05, 0) is 24.6 Å². The summed E-state index contributed by atoms with van der Waals surface area (Å²) in [5.41, 5.74) is -0.0800. The summed E-state index contributed by atoms with van der Waals surface area (Å²) in [5.74, 6) is -0.671. The first kappa shape index (κ1) is 12.2. The molecule has 0 amide bonds. The largest absolute Gasteiger partial charge is 0.496 e. The SMILES string of the molecule is CCc1c(OC)ccc2cc(C(=O)O)c(=O)oc12. The van der Waals surface area contributed by atoms with Gasteiger partial charge in [0, 0.05) is 10.9 Å². The van der Waals surface area contributed by atoms with Crippen molar-refractivity contribution in [1.82, 2.24) is 0 Å². The summed E-state index contributed by atoms with van der Waals surface area (Å²) in [6, 6.07) is 4.72. The fraction of sp³-hybridized carbons (Fsp3) is 0.231. The van der Waals surface area contributed by atoms with Crippen LogP contribution in [-0.2, 0) is 6.42 Å². The first-order valence-corrected chi connectivity index (χ1v) is 5.45. The van der Waals surface area contributed by atoms with Crippen LogP contribution in [0.1, 0.15) is 22.8 Å². The van der Waals surface area contributed by atoms with Crippen LogP contribution in [-0.4, -0.2) is 18.2 Å². The number of carboxylic acids is 1. The van der Waals surface area contributed by atoms with Crippen molar-refractivity contribution in [3.05, 3.63) is 39.7 Å². The molecule has 1 aromatic heterocycles. The van der Waals surface area contributed by atoms with Crippen molar-refractivity contribution in [2.75, 3.05) is 7.11 Å². The second-order valence-electron chi connectivity index (χ2n) is 3.77. The molecule has 0 aliphatic rings. The molecule has 0 bridgehead atoms. The molecule has 0 saturated heterocycles. The van der Waals surface area contributed by atoms with Crippen molar-refractivity contribution in [3.63, 3.8) is 0 Å². The second kappa shape index (κ2) is 4.52. The predicted octanol–water partition coefficient (Wildman–Crippen LogP) is 2.06. The molecular weight excluding hydrogens is 236 g/mol. The molecule has 1 heterocycles. The van der Waals surface area contributed by atoms with E-state index in [1.807, 2.05) is 6.92 Å².